The monoisotopic (exact) mass is 267 g/mol. The van der Waals surface area contributed by atoms with E-state index in [0.29, 0.717) is 6.04 Å². The summed E-state index contributed by atoms with van der Waals surface area (Å²) in [6, 6.07) is 0.979. The maximum absolute atomic E-state index is 11.2. The Bertz CT molecular complexity index is 321. The largest absolute Gasteiger partial charge is 0.480 e. The van der Waals surface area contributed by atoms with Crippen molar-refractivity contribution in [3.63, 3.8) is 0 Å². The molecule has 5 nitrogen and oxygen atoms in total. The lowest BCUT2D eigenvalue weighted by Crippen LogP contribution is -2.49. The van der Waals surface area contributed by atoms with Crippen LogP contribution < -0.4 is 5.32 Å². The Morgan fingerprint density at radius 3 is 2.37 bits per heavy atom. The van der Waals surface area contributed by atoms with Gasteiger partial charge in [0.25, 0.3) is 0 Å². The van der Waals surface area contributed by atoms with Crippen molar-refractivity contribution in [1.82, 2.24) is 15.1 Å². The maximum atomic E-state index is 11.2. The molecule has 0 aromatic carbocycles. The van der Waals surface area contributed by atoms with Gasteiger partial charge in [-0.05, 0) is 32.1 Å². The third-order valence-corrected chi connectivity index (χ3v) is 4.52. The minimum absolute atomic E-state index is 0.353. The van der Waals surface area contributed by atoms with Gasteiger partial charge in [-0.25, -0.2) is 0 Å². The van der Waals surface area contributed by atoms with Crippen molar-refractivity contribution in [3.05, 3.63) is 0 Å². The van der Waals surface area contributed by atoms with Crippen LogP contribution >= 0.6 is 0 Å². The fourth-order valence-corrected chi connectivity index (χ4v) is 2.92. The van der Waals surface area contributed by atoms with Crippen LogP contribution in [0.15, 0.2) is 0 Å². The lowest BCUT2D eigenvalue weighted by Gasteiger charge is -2.35. The lowest BCUT2D eigenvalue weighted by atomic mass is 10.2. The molecular formula is C14H25N3O2. The highest BCUT2D eigenvalue weighted by atomic mass is 16.4. The van der Waals surface area contributed by atoms with Crippen molar-refractivity contribution >= 4 is 5.97 Å². The molecule has 3 rings (SSSR count). The molecule has 2 aliphatic carbocycles. The molecule has 5 heteroatoms. The Morgan fingerprint density at radius 1 is 1.16 bits per heavy atom. The third-order valence-electron chi connectivity index (χ3n) is 4.52. The number of nitrogens with zero attached hydrogens (tertiary/aromatic N) is 2. The number of hydrogen-bond acceptors (Lipinski definition) is 4. The second-order valence-electron chi connectivity index (χ2n) is 6.23. The van der Waals surface area contributed by atoms with Crippen LogP contribution in [0.3, 0.4) is 0 Å². The standard InChI is InChI=1S/C14H25N3O2/c18-14(19)13(15-11-1-2-11)5-6-16-7-9-17(10-8-16)12-3-4-12/h11-13,15H,1-10H2,(H,18,19). The molecule has 0 spiro atoms. The van der Waals surface area contributed by atoms with E-state index in [4.69, 9.17) is 0 Å². The molecule has 1 unspecified atom stereocenters. The van der Waals surface area contributed by atoms with E-state index in [2.05, 4.69) is 15.1 Å². The SMILES string of the molecule is O=C(O)C(CCN1CCN(C2CC2)CC1)NC1CC1. The molecule has 108 valence electrons. The van der Waals surface area contributed by atoms with Gasteiger partial charge < -0.3 is 15.3 Å². The van der Waals surface area contributed by atoms with E-state index in [1.807, 2.05) is 0 Å². The summed E-state index contributed by atoms with van der Waals surface area (Å²) in [6.45, 7) is 5.45. The summed E-state index contributed by atoms with van der Waals surface area (Å²) in [5, 5.41) is 12.4. The highest BCUT2D eigenvalue weighted by Crippen LogP contribution is 2.27. The zero-order chi connectivity index (χ0) is 13.2. The first kappa shape index (κ1) is 13.3. The van der Waals surface area contributed by atoms with Crippen LogP contribution in [-0.2, 0) is 4.79 Å². The minimum atomic E-state index is -0.691. The van der Waals surface area contributed by atoms with Crippen LogP contribution in [0.2, 0.25) is 0 Å². The Hall–Kier alpha value is -0.650. The van der Waals surface area contributed by atoms with Gasteiger partial charge in [0.15, 0.2) is 0 Å². The van der Waals surface area contributed by atoms with Gasteiger partial charge in [0.05, 0.1) is 0 Å². The van der Waals surface area contributed by atoms with Crippen molar-refractivity contribution in [1.29, 1.82) is 0 Å². The summed E-state index contributed by atoms with van der Waals surface area (Å²) in [6.07, 6.45) is 5.78. The van der Waals surface area contributed by atoms with Crippen molar-refractivity contribution in [2.75, 3.05) is 32.7 Å². The number of nitrogens with one attached hydrogen (secondary N) is 1. The average molecular weight is 267 g/mol. The van der Waals surface area contributed by atoms with Gasteiger partial charge in [-0.3, -0.25) is 9.69 Å². The first-order valence-corrected chi connectivity index (χ1v) is 7.67. The van der Waals surface area contributed by atoms with Crippen LogP contribution in [0, 0.1) is 0 Å². The van der Waals surface area contributed by atoms with Crippen molar-refractivity contribution in [2.24, 2.45) is 0 Å². The summed E-state index contributed by atoms with van der Waals surface area (Å²) in [4.78, 5) is 16.2. The zero-order valence-corrected chi connectivity index (χ0v) is 11.6. The third kappa shape index (κ3) is 3.91. The number of carboxylic acid groups (broad SMARTS) is 1. The summed E-state index contributed by atoms with van der Waals surface area (Å²) in [5.41, 5.74) is 0. The minimum Gasteiger partial charge on any atom is -0.480 e. The molecule has 2 N–H and O–H groups in total. The second kappa shape index (κ2) is 5.77. The van der Waals surface area contributed by atoms with E-state index in [1.165, 1.54) is 25.9 Å². The van der Waals surface area contributed by atoms with Crippen LogP contribution in [0.1, 0.15) is 32.1 Å². The normalized spacial score (nSPS) is 27.4. The van der Waals surface area contributed by atoms with Crippen molar-refractivity contribution in [3.8, 4) is 0 Å². The van der Waals surface area contributed by atoms with Crippen LogP contribution in [0.25, 0.3) is 0 Å². The second-order valence-corrected chi connectivity index (χ2v) is 6.23. The quantitative estimate of drug-likeness (QED) is 0.697. The van der Waals surface area contributed by atoms with Gasteiger partial charge in [0.2, 0.25) is 0 Å². The van der Waals surface area contributed by atoms with E-state index in [-0.39, 0.29) is 6.04 Å². The average Bonchev–Trinajstić information content (AvgIpc) is 3.28. The number of carboxylic acids is 1. The fraction of sp³-hybridized carbons (Fsp3) is 0.929. The van der Waals surface area contributed by atoms with E-state index < -0.39 is 5.97 Å². The topological polar surface area (TPSA) is 55.8 Å². The molecule has 3 aliphatic rings. The molecular weight excluding hydrogens is 242 g/mol. The van der Waals surface area contributed by atoms with Crippen LogP contribution in [0.5, 0.6) is 0 Å². The summed E-state index contributed by atoms with van der Waals surface area (Å²) in [7, 11) is 0. The number of piperazine rings is 1. The van der Waals surface area contributed by atoms with E-state index in [0.717, 1.165) is 44.9 Å². The molecule has 1 aliphatic heterocycles. The summed E-state index contributed by atoms with van der Waals surface area (Å²) < 4.78 is 0. The Morgan fingerprint density at radius 2 is 1.84 bits per heavy atom. The molecule has 1 saturated heterocycles. The molecule has 1 atom stereocenters. The maximum Gasteiger partial charge on any atom is 0.320 e. The van der Waals surface area contributed by atoms with Gasteiger partial charge in [-0.1, -0.05) is 0 Å². The molecule has 0 amide bonds. The lowest BCUT2D eigenvalue weighted by molar-refractivity contribution is -0.139. The van der Waals surface area contributed by atoms with Crippen molar-refractivity contribution < 1.29 is 9.90 Å². The predicted molar refractivity (Wildman–Crippen MR) is 73.2 cm³/mol. The number of carbonyl (C=O) groups is 1. The highest BCUT2D eigenvalue weighted by Gasteiger charge is 2.32. The number of hydrogen-bond donors (Lipinski definition) is 2. The molecule has 1 heterocycles. The highest BCUT2D eigenvalue weighted by molar-refractivity contribution is 5.73. The van der Waals surface area contributed by atoms with Gasteiger partial charge in [-0.2, -0.15) is 0 Å². The van der Waals surface area contributed by atoms with E-state index in [9.17, 15) is 9.90 Å². The first-order valence-electron chi connectivity index (χ1n) is 7.67. The number of aliphatic carboxylic acids is 1. The molecule has 19 heavy (non-hydrogen) atoms. The smallest absolute Gasteiger partial charge is 0.320 e. The van der Waals surface area contributed by atoms with Gasteiger partial charge >= 0.3 is 5.97 Å². The first-order chi connectivity index (χ1) is 9.22. The van der Waals surface area contributed by atoms with Gasteiger partial charge in [0.1, 0.15) is 6.04 Å². The summed E-state index contributed by atoms with van der Waals surface area (Å²) >= 11 is 0. The van der Waals surface area contributed by atoms with Crippen LogP contribution in [-0.4, -0.2) is 71.7 Å². The Balaban J connectivity index is 1.37. The van der Waals surface area contributed by atoms with E-state index >= 15 is 0 Å². The van der Waals surface area contributed by atoms with E-state index in [1.54, 1.807) is 0 Å². The van der Waals surface area contributed by atoms with Gasteiger partial charge in [0, 0.05) is 44.8 Å². The summed E-state index contributed by atoms with van der Waals surface area (Å²) in [5.74, 6) is -0.691. The molecule has 2 saturated carbocycles. The number of rotatable bonds is 7. The fourth-order valence-electron chi connectivity index (χ4n) is 2.92. The molecule has 0 bridgehead atoms. The van der Waals surface area contributed by atoms with Gasteiger partial charge in [-0.15, -0.1) is 0 Å². The predicted octanol–water partition coefficient (Wildman–Crippen LogP) is 0.362. The molecule has 0 aromatic heterocycles. The van der Waals surface area contributed by atoms with Crippen LogP contribution in [0.4, 0.5) is 0 Å². The Kier molecular flexibility index (Phi) is 4.05. The Labute approximate surface area is 114 Å². The molecule has 0 radical (unpaired) electrons. The van der Waals surface area contributed by atoms with Crippen molar-refractivity contribution in [2.45, 2.75) is 50.2 Å². The zero-order valence-electron chi connectivity index (χ0n) is 11.6. The molecule has 0 aromatic rings. The molecule has 3 fully saturated rings.